The minimum absolute atomic E-state index is 0.0472. The van der Waals surface area contributed by atoms with Crippen LogP contribution in [0.15, 0.2) is 55.1 Å². The highest BCUT2D eigenvalue weighted by atomic mass is 32.5. The predicted octanol–water partition coefficient (Wildman–Crippen LogP) is 3.07. The van der Waals surface area contributed by atoms with E-state index in [1.54, 1.807) is 38.1 Å². The average Bonchev–Trinajstić information content (AvgIpc) is 3.52. The number of anilines is 1. The van der Waals surface area contributed by atoms with E-state index >= 15 is 0 Å². The number of nitrogens with one attached hydrogen (secondary N) is 1. The molecule has 0 bridgehead atoms. The monoisotopic (exact) mass is 652 g/mol. The molecule has 1 aliphatic rings. The number of rotatable bonds is 11. The molecule has 2 aromatic heterocycles. The molecular formula is C27H31F2N6O7PS. The van der Waals surface area contributed by atoms with Crippen LogP contribution in [-0.2, 0) is 30.6 Å². The van der Waals surface area contributed by atoms with Gasteiger partial charge in [0.1, 0.15) is 42.2 Å². The third kappa shape index (κ3) is 6.11. The number of carbonyl (C=O) groups excluding carboxylic acids is 1. The second-order valence-electron chi connectivity index (χ2n) is 10.5. The maximum atomic E-state index is 14.9. The SMILES string of the molecule is CC(C)OC(=O)[C@H](C)NP(=S)(OC[C@@]1(C(F)F)O[C@@H](n2cnc3ncnc(N)c32)[C@H](O)[C@@H]1O)Oc1cccc2ccccc12. The standard InChI is InChI=1S/C27H31F2N6O7PS/c1-14(2)40-25(38)15(3)34-43(44,42-18-10-6-8-16-7-4-5-9-17(16)18)39-11-27(26(28)29)21(37)20(36)24(41-27)35-13-33-23-19(35)22(30)31-12-32-23/h4-10,12-15,20-21,24,26,36-37H,11H2,1-3H3,(H,34,44)(H2,30,31,32)/t15-,20+,21-,24+,27+,43?/m0/s1. The Labute approximate surface area is 255 Å². The van der Waals surface area contributed by atoms with Crippen molar-refractivity contribution in [3.8, 4) is 5.75 Å². The fourth-order valence-corrected chi connectivity index (χ4v) is 7.21. The molecule has 6 atom stereocenters. The van der Waals surface area contributed by atoms with Crippen molar-refractivity contribution < 1.29 is 42.3 Å². The van der Waals surface area contributed by atoms with Crippen LogP contribution in [-0.4, -0.2) is 78.7 Å². The Kier molecular flexibility index (Phi) is 9.14. The first-order valence-electron chi connectivity index (χ1n) is 13.5. The van der Waals surface area contributed by atoms with Crippen molar-refractivity contribution in [1.82, 2.24) is 24.6 Å². The molecule has 0 aliphatic carbocycles. The summed E-state index contributed by atoms with van der Waals surface area (Å²) in [5.41, 5.74) is 3.39. The van der Waals surface area contributed by atoms with E-state index in [1.165, 1.54) is 19.6 Å². The van der Waals surface area contributed by atoms with Crippen LogP contribution in [0.1, 0.15) is 27.0 Å². The molecule has 1 saturated heterocycles. The molecule has 5 N–H and O–H groups in total. The summed E-state index contributed by atoms with van der Waals surface area (Å²) < 4.78 is 53.9. The number of nitrogens with zero attached hydrogens (tertiary/aromatic N) is 4. The smallest absolute Gasteiger partial charge is 0.323 e. The van der Waals surface area contributed by atoms with Crippen LogP contribution in [0.25, 0.3) is 21.9 Å². The molecule has 17 heteroatoms. The number of aliphatic hydroxyl groups excluding tert-OH is 2. The lowest BCUT2D eigenvalue weighted by atomic mass is 9.96. The van der Waals surface area contributed by atoms with E-state index in [0.717, 1.165) is 9.95 Å². The number of alkyl halides is 2. The van der Waals surface area contributed by atoms with Crippen molar-refractivity contribution in [3.05, 3.63) is 55.1 Å². The number of benzene rings is 2. The van der Waals surface area contributed by atoms with Crippen molar-refractivity contribution in [2.45, 2.75) is 63.4 Å². The van der Waals surface area contributed by atoms with Crippen molar-refractivity contribution >= 4 is 52.2 Å². The number of ether oxygens (including phenoxy) is 2. The molecule has 2 aromatic carbocycles. The van der Waals surface area contributed by atoms with Gasteiger partial charge in [0, 0.05) is 5.39 Å². The molecule has 3 heterocycles. The van der Waals surface area contributed by atoms with E-state index in [-0.39, 0.29) is 22.7 Å². The van der Waals surface area contributed by atoms with E-state index < -0.39 is 61.8 Å². The molecule has 1 unspecified atom stereocenters. The Morgan fingerprint density at radius 3 is 2.64 bits per heavy atom. The molecule has 0 radical (unpaired) electrons. The molecule has 4 aromatic rings. The van der Waals surface area contributed by atoms with Crippen molar-refractivity contribution in [3.63, 3.8) is 0 Å². The van der Waals surface area contributed by atoms with Gasteiger partial charge in [-0.25, -0.2) is 28.8 Å². The Morgan fingerprint density at radius 2 is 1.91 bits per heavy atom. The van der Waals surface area contributed by atoms with E-state index in [0.29, 0.717) is 5.39 Å². The third-order valence-electron chi connectivity index (χ3n) is 6.98. The lowest BCUT2D eigenvalue weighted by molar-refractivity contribution is -0.191. The van der Waals surface area contributed by atoms with Gasteiger partial charge in [0.05, 0.1) is 12.7 Å². The molecule has 5 rings (SSSR count). The maximum Gasteiger partial charge on any atom is 0.323 e. The van der Waals surface area contributed by atoms with E-state index in [2.05, 4.69) is 20.0 Å². The predicted molar refractivity (Wildman–Crippen MR) is 159 cm³/mol. The number of aliphatic hydroxyl groups is 2. The molecule has 0 saturated carbocycles. The molecule has 13 nitrogen and oxygen atoms in total. The summed E-state index contributed by atoms with van der Waals surface area (Å²) in [7, 11) is 0. The number of hydrogen-bond acceptors (Lipinski definition) is 12. The number of esters is 1. The fourth-order valence-electron chi connectivity index (χ4n) is 4.79. The molecule has 236 valence electrons. The number of halogens is 2. The Bertz CT molecular complexity index is 1710. The van der Waals surface area contributed by atoms with E-state index in [9.17, 15) is 23.8 Å². The van der Waals surface area contributed by atoms with Crippen LogP contribution in [0.4, 0.5) is 14.6 Å². The minimum atomic E-state index is -3.89. The largest absolute Gasteiger partial charge is 0.462 e. The average molecular weight is 653 g/mol. The van der Waals surface area contributed by atoms with E-state index in [1.807, 2.05) is 18.2 Å². The minimum Gasteiger partial charge on any atom is -0.462 e. The number of aromatic nitrogens is 4. The van der Waals surface area contributed by atoms with Gasteiger partial charge in [0.25, 0.3) is 6.43 Å². The van der Waals surface area contributed by atoms with Crippen LogP contribution in [0.3, 0.4) is 0 Å². The molecule has 1 fully saturated rings. The number of nitrogens with two attached hydrogens (primary N) is 1. The quantitative estimate of drug-likeness (QED) is 0.138. The first-order valence-corrected chi connectivity index (χ1v) is 16.1. The van der Waals surface area contributed by atoms with Gasteiger partial charge >= 0.3 is 12.6 Å². The highest BCUT2D eigenvalue weighted by Gasteiger charge is 2.61. The molecular weight excluding hydrogens is 621 g/mol. The van der Waals surface area contributed by atoms with Crippen LogP contribution in [0.2, 0.25) is 0 Å². The molecule has 1 aliphatic heterocycles. The van der Waals surface area contributed by atoms with Crippen LogP contribution < -0.4 is 15.3 Å². The van der Waals surface area contributed by atoms with Crippen LogP contribution >= 0.6 is 6.64 Å². The van der Waals surface area contributed by atoms with Gasteiger partial charge in [-0.05, 0) is 44.0 Å². The highest BCUT2D eigenvalue weighted by molar-refractivity contribution is 8.09. The van der Waals surface area contributed by atoms with Crippen LogP contribution in [0.5, 0.6) is 5.75 Å². The molecule has 0 spiro atoms. The van der Waals surface area contributed by atoms with Gasteiger partial charge in [-0.1, -0.05) is 36.4 Å². The third-order valence-corrected chi connectivity index (χ3v) is 9.44. The number of fused-ring (bicyclic) bond motifs is 2. The van der Waals surface area contributed by atoms with Crippen molar-refractivity contribution in [2.75, 3.05) is 12.3 Å². The second kappa shape index (κ2) is 12.6. The van der Waals surface area contributed by atoms with Gasteiger partial charge in [-0.2, -0.15) is 0 Å². The Balaban J connectivity index is 1.47. The van der Waals surface area contributed by atoms with Gasteiger partial charge in [-0.15, -0.1) is 0 Å². The van der Waals surface area contributed by atoms with Gasteiger partial charge in [0.15, 0.2) is 23.3 Å². The zero-order valence-corrected chi connectivity index (χ0v) is 25.5. The zero-order valence-electron chi connectivity index (χ0n) is 23.8. The number of carbonyl (C=O) groups is 1. The lowest BCUT2D eigenvalue weighted by Crippen LogP contribution is -2.53. The summed E-state index contributed by atoms with van der Waals surface area (Å²) in [5.74, 6) is -0.461. The van der Waals surface area contributed by atoms with Gasteiger partial charge in [-0.3, -0.25) is 9.36 Å². The zero-order chi connectivity index (χ0) is 31.8. The summed E-state index contributed by atoms with van der Waals surface area (Å²) >= 11 is 5.74. The summed E-state index contributed by atoms with van der Waals surface area (Å²) in [4.78, 5) is 24.6. The second-order valence-corrected chi connectivity index (χ2v) is 13.6. The number of nitrogen functional groups attached to an aromatic ring is 1. The highest BCUT2D eigenvalue weighted by Crippen LogP contribution is 2.50. The Hall–Kier alpha value is -3.37. The normalized spacial score (nSPS) is 24.2. The first kappa shape index (κ1) is 32.0. The number of imidazole rings is 1. The maximum absolute atomic E-state index is 14.9. The lowest BCUT2D eigenvalue weighted by Gasteiger charge is -2.34. The summed E-state index contributed by atoms with van der Waals surface area (Å²) in [5, 5.41) is 26.2. The van der Waals surface area contributed by atoms with Gasteiger partial charge < -0.3 is 34.5 Å². The Morgan fingerprint density at radius 1 is 1.18 bits per heavy atom. The van der Waals surface area contributed by atoms with E-state index in [4.69, 9.17) is 36.1 Å². The fraction of sp³-hybridized carbons (Fsp3) is 0.407. The summed E-state index contributed by atoms with van der Waals surface area (Å²) in [6.07, 6.45) is -7.10. The van der Waals surface area contributed by atoms with Crippen molar-refractivity contribution in [2.24, 2.45) is 0 Å². The van der Waals surface area contributed by atoms with Crippen molar-refractivity contribution in [1.29, 1.82) is 0 Å². The molecule has 0 amide bonds. The summed E-state index contributed by atoms with van der Waals surface area (Å²) in [6, 6.07) is 11.3. The van der Waals surface area contributed by atoms with Gasteiger partial charge in [0.2, 0.25) is 0 Å². The molecule has 44 heavy (non-hydrogen) atoms. The van der Waals surface area contributed by atoms with Crippen LogP contribution in [0, 0.1) is 0 Å². The first-order chi connectivity index (χ1) is 20.8. The summed E-state index contributed by atoms with van der Waals surface area (Å²) in [6.45, 7) is -0.139. The topological polar surface area (TPSA) is 176 Å². The number of hydrogen-bond donors (Lipinski definition) is 4.